The Balaban J connectivity index is 1.53. The Kier molecular flexibility index (Phi) is 6.82. The maximum Gasteiger partial charge on any atom is 0.416 e. The van der Waals surface area contributed by atoms with Crippen molar-refractivity contribution in [1.29, 1.82) is 0 Å². The van der Waals surface area contributed by atoms with Gasteiger partial charge in [0.15, 0.2) is 15.8 Å². The molecule has 0 aliphatic carbocycles. The molecule has 1 unspecified atom stereocenters. The van der Waals surface area contributed by atoms with E-state index in [4.69, 9.17) is 33.2 Å². The van der Waals surface area contributed by atoms with Crippen LogP contribution in [0.5, 0.6) is 0 Å². The van der Waals surface area contributed by atoms with Gasteiger partial charge >= 0.3 is 6.18 Å². The topological polar surface area (TPSA) is 78.0 Å². The summed E-state index contributed by atoms with van der Waals surface area (Å²) in [5.41, 5.74) is 0.703. The van der Waals surface area contributed by atoms with Crippen molar-refractivity contribution in [3.63, 3.8) is 0 Å². The third-order valence-corrected chi connectivity index (χ3v) is 7.29. The monoisotopic (exact) mass is 553 g/mol. The summed E-state index contributed by atoms with van der Waals surface area (Å²) in [5.74, 6) is 0.901. The lowest BCUT2D eigenvalue weighted by atomic mass is 10.2. The number of likely N-dealkylation sites (N-methyl/N-ethyl adjacent to an activating group) is 1. The maximum atomic E-state index is 13.0. The molecular weight excluding hydrogens is 534 g/mol. The number of benzene rings is 2. The average Bonchev–Trinajstić information content (AvgIpc) is 3.48. The molecule has 188 valence electrons. The van der Waals surface area contributed by atoms with Crippen molar-refractivity contribution in [3.05, 3.63) is 58.1 Å². The Morgan fingerprint density at radius 1 is 1.00 bits per heavy atom. The van der Waals surface area contributed by atoms with Crippen LogP contribution >= 0.6 is 34.5 Å². The predicted molar refractivity (Wildman–Crippen MR) is 139 cm³/mol. The van der Waals surface area contributed by atoms with Crippen LogP contribution in [0.25, 0.3) is 10.3 Å². The second kappa shape index (κ2) is 9.89. The van der Waals surface area contributed by atoms with Crippen LogP contribution in [0.15, 0.2) is 42.5 Å². The molecule has 3 heterocycles. The summed E-state index contributed by atoms with van der Waals surface area (Å²) >= 11 is 13.9. The number of nitrogens with one attached hydrogen (secondary N) is 3. The third kappa shape index (κ3) is 5.15. The van der Waals surface area contributed by atoms with E-state index >= 15 is 0 Å². The highest BCUT2D eigenvalue weighted by Crippen LogP contribution is 2.38. The van der Waals surface area contributed by atoms with Gasteiger partial charge in [-0.15, -0.1) is 0 Å². The molecule has 2 aromatic heterocycles. The average molecular weight is 554 g/mol. The molecule has 13 heteroatoms. The second-order valence-electron chi connectivity index (χ2n) is 8.19. The number of rotatable bonds is 6. The van der Waals surface area contributed by atoms with Crippen LogP contribution in [0.1, 0.15) is 12.0 Å². The summed E-state index contributed by atoms with van der Waals surface area (Å²) in [6.07, 6.45) is -3.47. The molecule has 7 nitrogen and oxygen atoms in total. The van der Waals surface area contributed by atoms with Crippen LogP contribution in [-0.4, -0.2) is 41.1 Å². The minimum Gasteiger partial charge on any atom is -0.339 e. The molecule has 0 amide bonds. The van der Waals surface area contributed by atoms with E-state index in [0.717, 1.165) is 31.6 Å². The number of alkyl halides is 3. The number of nitrogens with zero attached hydrogens (tertiary/aromatic N) is 4. The molecule has 1 aliphatic rings. The first kappa shape index (κ1) is 24.8. The summed E-state index contributed by atoms with van der Waals surface area (Å²) < 4.78 is 39.0. The van der Waals surface area contributed by atoms with Crippen molar-refractivity contribution < 1.29 is 13.2 Å². The van der Waals surface area contributed by atoms with Gasteiger partial charge in [0.25, 0.3) is 0 Å². The van der Waals surface area contributed by atoms with Crippen LogP contribution in [-0.2, 0) is 6.18 Å². The number of fused-ring (bicyclic) bond motifs is 1. The van der Waals surface area contributed by atoms with E-state index in [9.17, 15) is 13.2 Å². The fourth-order valence-corrected chi connectivity index (χ4v) is 5.21. The fourth-order valence-electron chi connectivity index (χ4n) is 3.87. The number of halogens is 5. The Morgan fingerprint density at radius 2 is 1.72 bits per heavy atom. The van der Waals surface area contributed by atoms with E-state index in [1.807, 2.05) is 7.05 Å². The summed E-state index contributed by atoms with van der Waals surface area (Å²) in [4.78, 5) is 16.7. The molecule has 5 rings (SSSR count). The molecule has 0 saturated carbocycles. The van der Waals surface area contributed by atoms with E-state index in [1.54, 1.807) is 18.2 Å². The summed E-state index contributed by atoms with van der Waals surface area (Å²) in [6, 6.07) is 10.2. The molecule has 0 spiro atoms. The summed E-state index contributed by atoms with van der Waals surface area (Å²) in [5, 5.41) is 10.9. The van der Waals surface area contributed by atoms with Gasteiger partial charge < -0.3 is 20.9 Å². The van der Waals surface area contributed by atoms with Gasteiger partial charge in [-0.3, -0.25) is 0 Å². The first-order valence-corrected chi connectivity index (χ1v) is 12.5. The van der Waals surface area contributed by atoms with Crippen molar-refractivity contribution in [2.24, 2.45) is 0 Å². The highest BCUT2D eigenvalue weighted by atomic mass is 35.5. The number of aromatic nitrogens is 3. The van der Waals surface area contributed by atoms with Gasteiger partial charge in [0.05, 0.1) is 21.3 Å². The van der Waals surface area contributed by atoms with Crippen molar-refractivity contribution in [2.45, 2.75) is 18.6 Å². The lowest BCUT2D eigenvalue weighted by molar-refractivity contribution is -0.137. The molecular formula is C23H20Cl2F3N7S. The maximum absolute atomic E-state index is 13.0. The molecule has 0 radical (unpaired) electrons. The first-order chi connectivity index (χ1) is 17.2. The van der Waals surface area contributed by atoms with Crippen LogP contribution < -0.4 is 20.9 Å². The molecule has 1 saturated heterocycles. The number of hydrogen-bond donors (Lipinski definition) is 3. The van der Waals surface area contributed by atoms with E-state index in [1.165, 1.54) is 23.5 Å². The molecule has 3 N–H and O–H groups in total. The third-order valence-electron chi connectivity index (χ3n) is 5.80. The van der Waals surface area contributed by atoms with Crippen LogP contribution in [0, 0.1) is 0 Å². The number of anilines is 5. The fraction of sp³-hybridized carbons (Fsp3) is 0.261. The highest BCUT2D eigenvalue weighted by molar-refractivity contribution is 7.22. The van der Waals surface area contributed by atoms with E-state index in [0.29, 0.717) is 54.7 Å². The van der Waals surface area contributed by atoms with E-state index in [-0.39, 0.29) is 0 Å². The number of thiazole rings is 1. The minimum atomic E-state index is -4.41. The molecule has 0 bridgehead atoms. The van der Waals surface area contributed by atoms with Gasteiger partial charge in [-0.2, -0.15) is 23.1 Å². The van der Waals surface area contributed by atoms with Crippen molar-refractivity contribution >= 4 is 73.2 Å². The molecule has 1 aliphatic heterocycles. The van der Waals surface area contributed by atoms with Crippen molar-refractivity contribution in [1.82, 2.24) is 20.3 Å². The predicted octanol–water partition coefficient (Wildman–Crippen LogP) is 6.70. The van der Waals surface area contributed by atoms with Crippen molar-refractivity contribution in [3.8, 4) is 0 Å². The zero-order valence-corrected chi connectivity index (χ0v) is 21.2. The molecule has 2 aromatic carbocycles. The summed E-state index contributed by atoms with van der Waals surface area (Å²) in [6.45, 7) is 1.51. The quantitative estimate of drug-likeness (QED) is 0.245. The van der Waals surface area contributed by atoms with Gasteiger partial charge in [0.2, 0.25) is 5.95 Å². The number of hydrogen-bond acceptors (Lipinski definition) is 8. The van der Waals surface area contributed by atoms with Gasteiger partial charge in [0.1, 0.15) is 5.52 Å². The molecule has 36 heavy (non-hydrogen) atoms. The van der Waals surface area contributed by atoms with Gasteiger partial charge in [0, 0.05) is 24.8 Å². The van der Waals surface area contributed by atoms with Crippen LogP contribution in [0.2, 0.25) is 10.0 Å². The van der Waals surface area contributed by atoms with Gasteiger partial charge in [-0.1, -0.05) is 40.6 Å². The van der Waals surface area contributed by atoms with Crippen molar-refractivity contribution in [2.75, 3.05) is 35.7 Å². The van der Waals surface area contributed by atoms with E-state index in [2.05, 4.69) is 25.8 Å². The molecule has 4 aromatic rings. The highest BCUT2D eigenvalue weighted by Gasteiger charge is 2.30. The van der Waals surface area contributed by atoms with Crippen LogP contribution in [0.3, 0.4) is 0 Å². The van der Waals surface area contributed by atoms with E-state index < -0.39 is 11.7 Å². The van der Waals surface area contributed by atoms with Gasteiger partial charge in [-0.05, 0) is 49.9 Å². The standard InChI is InChI=1S/C23H20Cl2F3N7S/c1-29-14-9-10-35(11-14)21-33-19(30-13-7-5-12(6-8-13)23(26,27)28)18-20(34-21)36-22(32-18)31-17-15(24)3-2-4-16(17)25/h2-8,14,29H,9-11H2,1H3,(H,31,32)(H,30,33,34). The Bertz CT molecular complexity index is 1370. The summed E-state index contributed by atoms with van der Waals surface area (Å²) in [7, 11) is 1.91. The zero-order chi connectivity index (χ0) is 25.4. The lowest BCUT2D eigenvalue weighted by Crippen LogP contribution is -2.30. The smallest absolute Gasteiger partial charge is 0.339 e. The van der Waals surface area contributed by atoms with Crippen LogP contribution in [0.4, 0.5) is 41.4 Å². The minimum absolute atomic E-state index is 0.316. The first-order valence-electron chi connectivity index (χ1n) is 11.0. The Hall–Kier alpha value is -2.86. The molecule has 1 atom stereocenters. The van der Waals surface area contributed by atoms with Gasteiger partial charge in [-0.25, -0.2) is 4.98 Å². The zero-order valence-electron chi connectivity index (χ0n) is 18.8. The number of para-hydroxylation sites is 1. The Labute approximate surface area is 218 Å². The largest absolute Gasteiger partial charge is 0.416 e. The normalized spacial score (nSPS) is 16.1. The lowest BCUT2D eigenvalue weighted by Gasteiger charge is -2.17. The SMILES string of the molecule is CNC1CCN(c2nc(Nc3ccc(C(F)(F)F)cc3)c3nc(Nc4c(Cl)cccc4Cl)sc3n2)C1. The molecule has 1 fully saturated rings. The second-order valence-corrected chi connectivity index (χ2v) is 9.98. The Morgan fingerprint density at radius 3 is 2.36 bits per heavy atom.